The maximum Gasteiger partial charge on any atom is 0.253 e. The zero-order chi connectivity index (χ0) is 19.7. The lowest BCUT2D eigenvalue weighted by atomic mass is 9.97. The number of nitrogens with zero attached hydrogens (tertiary/aromatic N) is 2. The standard InChI is InChI=1S/C21H22N2O3S2/c1-2-28(25,26)17-7-5-6-16(14-17)21(24)23-12-10-15(11-13-23)20-22-18-8-3-4-9-19(18)27-20/h3-9,14-15H,2,10-13H2,1H3. The highest BCUT2D eigenvalue weighted by atomic mass is 32.2. The molecule has 4 rings (SSSR count). The van der Waals surface area contributed by atoms with Crippen LogP contribution in [0.4, 0.5) is 0 Å². The quantitative estimate of drug-likeness (QED) is 0.644. The lowest BCUT2D eigenvalue weighted by molar-refractivity contribution is 0.0712. The Labute approximate surface area is 168 Å². The van der Waals surface area contributed by atoms with Gasteiger partial charge in [-0.2, -0.15) is 0 Å². The first kappa shape index (κ1) is 19.1. The van der Waals surface area contributed by atoms with Gasteiger partial charge in [0.1, 0.15) is 0 Å². The summed E-state index contributed by atoms with van der Waals surface area (Å²) in [5.74, 6) is 0.294. The first-order valence-corrected chi connectivity index (χ1v) is 11.9. The number of carbonyl (C=O) groups is 1. The van der Waals surface area contributed by atoms with Crippen LogP contribution in [0.5, 0.6) is 0 Å². The molecule has 0 N–H and O–H groups in total. The summed E-state index contributed by atoms with van der Waals surface area (Å²) >= 11 is 1.74. The third-order valence-electron chi connectivity index (χ3n) is 5.26. The predicted molar refractivity (Wildman–Crippen MR) is 112 cm³/mol. The van der Waals surface area contributed by atoms with E-state index >= 15 is 0 Å². The van der Waals surface area contributed by atoms with Crippen LogP contribution in [-0.4, -0.2) is 43.1 Å². The second kappa shape index (κ2) is 7.64. The zero-order valence-corrected chi connectivity index (χ0v) is 17.3. The van der Waals surface area contributed by atoms with E-state index in [9.17, 15) is 13.2 Å². The van der Waals surface area contributed by atoms with E-state index in [0.29, 0.717) is 24.6 Å². The first-order chi connectivity index (χ1) is 13.5. The Morgan fingerprint density at radius 3 is 2.61 bits per heavy atom. The van der Waals surface area contributed by atoms with Crippen molar-refractivity contribution in [2.24, 2.45) is 0 Å². The molecule has 0 unspecified atom stereocenters. The summed E-state index contributed by atoms with van der Waals surface area (Å²) in [5.41, 5.74) is 1.47. The zero-order valence-electron chi connectivity index (χ0n) is 15.7. The number of hydrogen-bond acceptors (Lipinski definition) is 5. The average Bonchev–Trinajstić information content (AvgIpc) is 3.18. The number of sulfone groups is 1. The van der Waals surface area contributed by atoms with Gasteiger partial charge in [-0.15, -0.1) is 11.3 Å². The molecule has 0 saturated carbocycles. The Kier molecular flexibility index (Phi) is 5.21. The van der Waals surface area contributed by atoms with Crippen molar-refractivity contribution in [2.45, 2.75) is 30.6 Å². The highest BCUT2D eigenvalue weighted by Gasteiger charge is 2.27. The van der Waals surface area contributed by atoms with Crippen molar-refractivity contribution in [3.8, 4) is 0 Å². The van der Waals surface area contributed by atoms with Crippen LogP contribution in [-0.2, 0) is 9.84 Å². The molecular formula is C21H22N2O3S2. The van der Waals surface area contributed by atoms with Crippen molar-refractivity contribution >= 4 is 37.3 Å². The molecule has 1 saturated heterocycles. The van der Waals surface area contributed by atoms with E-state index in [1.54, 1.807) is 36.5 Å². The molecule has 1 aliphatic rings. The number of hydrogen-bond donors (Lipinski definition) is 0. The molecule has 28 heavy (non-hydrogen) atoms. The van der Waals surface area contributed by atoms with Gasteiger partial charge in [0.2, 0.25) is 0 Å². The van der Waals surface area contributed by atoms with Gasteiger partial charge in [-0.3, -0.25) is 4.79 Å². The number of aromatic nitrogens is 1. The average molecular weight is 415 g/mol. The number of fused-ring (bicyclic) bond motifs is 1. The molecule has 7 heteroatoms. The van der Waals surface area contributed by atoms with E-state index < -0.39 is 9.84 Å². The van der Waals surface area contributed by atoms with E-state index in [2.05, 4.69) is 6.07 Å². The van der Waals surface area contributed by atoms with Gasteiger partial charge in [0.25, 0.3) is 5.91 Å². The minimum absolute atomic E-state index is 0.0260. The summed E-state index contributed by atoms with van der Waals surface area (Å²) in [6, 6.07) is 14.5. The second-order valence-corrected chi connectivity index (χ2v) is 10.4. The van der Waals surface area contributed by atoms with Crippen LogP contribution in [0.2, 0.25) is 0 Å². The molecule has 0 spiro atoms. The van der Waals surface area contributed by atoms with Gasteiger partial charge in [0.05, 0.1) is 25.9 Å². The molecule has 3 aromatic rings. The Morgan fingerprint density at radius 1 is 1.14 bits per heavy atom. The molecule has 2 aromatic carbocycles. The molecule has 0 radical (unpaired) electrons. The Hall–Kier alpha value is -2.25. The van der Waals surface area contributed by atoms with Crippen LogP contribution in [0.25, 0.3) is 10.2 Å². The van der Waals surface area contributed by atoms with Crippen LogP contribution in [0.1, 0.15) is 41.0 Å². The number of thiazole rings is 1. The SMILES string of the molecule is CCS(=O)(=O)c1cccc(C(=O)N2CCC(c3nc4ccccc4s3)CC2)c1. The third kappa shape index (κ3) is 3.69. The molecular weight excluding hydrogens is 392 g/mol. The van der Waals surface area contributed by atoms with Gasteiger partial charge in [-0.1, -0.05) is 25.1 Å². The van der Waals surface area contributed by atoms with E-state index in [4.69, 9.17) is 4.98 Å². The summed E-state index contributed by atoms with van der Waals surface area (Å²) in [5, 5.41) is 1.14. The minimum atomic E-state index is -3.32. The van der Waals surface area contributed by atoms with E-state index in [1.165, 1.54) is 10.8 Å². The third-order valence-corrected chi connectivity index (χ3v) is 8.19. The van der Waals surface area contributed by atoms with Crippen molar-refractivity contribution in [1.82, 2.24) is 9.88 Å². The Morgan fingerprint density at radius 2 is 1.89 bits per heavy atom. The molecule has 1 fully saturated rings. The molecule has 5 nitrogen and oxygen atoms in total. The number of likely N-dealkylation sites (tertiary alicyclic amines) is 1. The van der Waals surface area contributed by atoms with Gasteiger partial charge < -0.3 is 4.90 Å². The van der Waals surface area contributed by atoms with Crippen LogP contribution < -0.4 is 0 Å². The van der Waals surface area contributed by atoms with Gasteiger partial charge in [0.15, 0.2) is 9.84 Å². The molecule has 0 bridgehead atoms. The fourth-order valence-electron chi connectivity index (χ4n) is 3.57. The highest BCUT2D eigenvalue weighted by Crippen LogP contribution is 2.34. The van der Waals surface area contributed by atoms with E-state index in [-0.39, 0.29) is 16.6 Å². The number of rotatable bonds is 4. The van der Waals surface area contributed by atoms with Crippen molar-refractivity contribution in [3.63, 3.8) is 0 Å². The lowest BCUT2D eigenvalue weighted by Gasteiger charge is -2.31. The summed E-state index contributed by atoms with van der Waals surface area (Å²) < 4.78 is 25.4. The number of benzene rings is 2. The maximum absolute atomic E-state index is 12.9. The normalized spacial score (nSPS) is 15.8. The summed E-state index contributed by atoms with van der Waals surface area (Å²) in [4.78, 5) is 19.7. The lowest BCUT2D eigenvalue weighted by Crippen LogP contribution is -2.38. The molecule has 2 heterocycles. The molecule has 0 atom stereocenters. The van der Waals surface area contributed by atoms with Crippen molar-refractivity contribution in [3.05, 3.63) is 59.1 Å². The molecule has 1 amide bonds. The second-order valence-electron chi connectivity index (χ2n) is 7.02. The number of amides is 1. The van der Waals surface area contributed by atoms with Crippen molar-refractivity contribution < 1.29 is 13.2 Å². The van der Waals surface area contributed by atoms with E-state index in [1.807, 2.05) is 23.1 Å². The van der Waals surface area contributed by atoms with Crippen LogP contribution in [0.3, 0.4) is 0 Å². The van der Waals surface area contributed by atoms with E-state index in [0.717, 1.165) is 23.4 Å². The number of piperidine rings is 1. The molecule has 1 aromatic heterocycles. The van der Waals surface area contributed by atoms with Crippen LogP contribution in [0.15, 0.2) is 53.4 Å². The summed E-state index contributed by atoms with van der Waals surface area (Å²) in [6.45, 7) is 2.92. The predicted octanol–water partition coefficient (Wildman–Crippen LogP) is 4.11. The highest BCUT2D eigenvalue weighted by molar-refractivity contribution is 7.91. The topological polar surface area (TPSA) is 67.3 Å². The smallest absolute Gasteiger partial charge is 0.253 e. The minimum Gasteiger partial charge on any atom is -0.339 e. The maximum atomic E-state index is 12.9. The number of para-hydroxylation sites is 1. The van der Waals surface area contributed by atoms with Gasteiger partial charge in [0, 0.05) is 24.6 Å². The monoisotopic (exact) mass is 414 g/mol. The Bertz CT molecular complexity index is 1080. The van der Waals surface area contributed by atoms with Crippen LogP contribution in [0, 0.1) is 0 Å². The van der Waals surface area contributed by atoms with Gasteiger partial charge in [-0.25, -0.2) is 13.4 Å². The van der Waals surface area contributed by atoms with Crippen molar-refractivity contribution in [1.29, 1.82) is 0 Å². The molecule has 0 aliphatic carbocycles. The number of carbonyl (C=O) groups excluding carboxylic acids is 1. The van der Waals surface area contributed by atoms with Crippen molar-refractivity contribution in [2.75, 3.05) is 18.8 Å². The molecule has 146 valence electrons. The summed E-state index contributed by atoms with van der Waals surface area (Å²) in [7, 11) is -3.32. The fourth-order valence-corrected chi connectivity index (χ4v) is 5.63. The largest absolute Gasteiger partial charge is 0.339 e. The van der Waals surface area contributed by atoms with Gasteiger partial charge >= 0.3 is 0 Å². The summed E-state index contributed by atoms with van der Waals surface area (Å²) in [6.07, 6.45) is 1.75. The van der Waals surface area contributed by atoms with Crippen LogP contribution >= 0.6 is 11.3 Å². The first-order valence-electron chi connectivity index (χ1n) is 9.45. The molecule has 1 aliphatic heterocycles. The Balaban J connectivity index is 1.46. The van der Waals surface area contributed by atoms with Gasteiger partial charge in [-0.05, 0) is 43.2 Å². The fraction of sp³-hybridized carbons (Fsp3) is 0.333.